The summed E-state index contributed by atoms with van der Waals surface area (Å²) in [6.07, 6.45) is 3.97. The number of nitrogens with zero attached hydrogens (tertiary/aromatic N) is 4. The molecule has 0 unspecified atom stereocenters. The van der Waals surface area contributed by atoms with Gasteiger partial charge in [-0.15, -0.1) is 5.10 Å². The van der Waals surface area contributed by atoms with Gasteiger partial charge in [-0.2, -0.15) is 0 Å². The molecular weight excluding hydrogens is 552 g/mol. The van der Waals surface area contributed by atoms with Crippen LogP contribution in [0.5, 0.6) is 0 Å². The number of hydrogen-bond acceptors (Lipinski definition) is 8. The normalized spacial score (nSPS) is 12.0. The molecule has 5 aromatic rings. The Labute approximate surface area is 244 Å². The van der Waals surface area contributed by atoms with Crippen LogP contribution in [0, 0.1) is 0 Å². The molecule has 0 aliphatic carbocycles. The van der Waals surface area contributed by atoms with Crippen LogP contribution in [0.4, 0.5) is 10.6 Å². The molecular formula is C31H30N6O4S. The first kappa shape index (κ1) is 28.5. The standard InChI is InChI=1S/C31H30N6O4S/c1-31(2,3)41-30(38)36-42(39,40)19-16-22-10-9-13-24(20-22)28-34-29(33-21-25-14-7-8-17-32-25)27-26(15-18-37(27)35-28)23-11-5-4-6-12-23/h4-20H,21H2,1-3H3,(H,36,38)(H,33,34,35)/b19-16+. The second kappa shape index (κ2) is 11.8. The van der Waals surface area contributed by atoms with Gasteiger partial charge in [-0.3, -0.25) is 4.98 Å². The predicted octanol–water partition coefficient (Wildman–Crippen LogP) is 5.90. The molecule has 0 fully saturated rings. The summed E-state index contributed by atoms with van der Waals surface area (Å²) in [5, 5.41) is 9.10. The molecule has 2 aromatic carbocycles. The fourth-order valence-electron chi connectivity index (χ4n) is 4.20. The Balaban J connectivity index is 1.47. The van der Waals surface area contributed by atoms with Gasteiger partial charge in [-0.05, 0) is 62.2 Å². The second-order valence-electron chi connectivity index (χ2n) is 10.4. The van der Waals surface area contributed by atoms with E-state index in [1.165, 1.54) is 6.08 Å². The van der Waals surface area contributed by atoms with Crippen LogP contribution in [-0.2, 0) is 21.3 Å². The van der Waals surface area contributed by atoms with Crippen molar-refractivity contribution in [2.75, 3.05) is 5.32 Å². The van der Waals surface area contributed by atoms with Crippen molar-refractivity contribution in [3.63, 3.8) is 0 Å². The highest BCUT2D eigenvalue weighted by Gasteiger charge is 2.20. The fourth-order valence-corrected chi connectivity index (χ4v) is 4.87. The summed E-state index contributed by atoms with van der Waals surface area (Å²) in [4.78, 5) is 21.2. The number of fused-ring (bicyclic) bond motifs is 1. The highest BCUT2D eigenvalue weighted by atomic mass is 32.2. The SMILES string of the molecule is CC(C)(C)OC(=O)NS(=O)(=O)/C=C/c1cccc(-c2nc(NCc3ccccn3)c3c(-c4ccccc4)ccn3n2)c1. The van der Waals surface area contributed by atoms with Gasteiger partial charge in [0.05, 0.1) is 17.6 Å². The Morgan fingerprint density at radius 2 is 1.74 bits per heavy atom. The predicted molar refractivity (Wildman–Crippen MR) is 163 cm³/mol. The van der Waals surface area contributed by atoms with Crippen LogP contribution in [0.15, 0.2) is 96.7 Å². The Morgan fingerprint density at radius 3 is 2.48 bits per heavy atom. The van der Waals surface area contributed by atoms with E-state index in [1.807, 2.05) is 71.6 Å². The molecule has 10 nitrogen and oxygen atoms in total. The zero-order valence-electron chi connectivity index (χ0n) is 23.4. The summed E-state index contributed by atoms with van der Waals surface area (Å²) in [5.74, 6) is 1.06. The molecule has 0 radical (unpaired) electrons. The van der Waals surface area contributed by atoms with Gasteiger partial charge in [-0.1, -0.05) is 54.6 Å². The summed E-state index contributed by atoms with van der Waals surface area (Å²) in [6.45, 7) is 5.40. The molecule has 2 N–H and O–H groups in total. The van der Waals surface area contributed by atoms with E-state index in [-0.39, 0.29) is 0 Å². The summed E-state index contributed by atoms with van der Waals surface area (Å²) < 4.78 is 33.5. The van der Waals surface area contributed by atoms with Gasteiger partial charge in [-0.25, -0.2) is 27.4 Å². The van der Waals surface area contributed by atoms with Gasteiger partial charge in [0.2, 0.25) is 0 Å². The van der Waals surface area contributed by atoms with E-state index >= 15 is 0 Å². The Kier molecular flexibility index (Phi) is 8.03. The van der Waals surface area contributed by atoms with E-state index < -0.39 is 21.7 Å². The minimum absolute atomic E-state index is 0.436. The van der Waals surface area contributed by atoms with Crippen molar-refractivity contribution in [1.82, 2.24) is 24.3 Å². The Morgan fingerprint density at radius 1 is 0.976 bits per heavy atom. The van der Waals surface area contributed by atoms with E-state index in [4.69, 9.17) is 14.8 Å². The molecule has 0 saturated heterocycles. The highest BCUT2D eigenvalue weighted by molar-refractivity contribution is 7.93. The summed E-state index contributed by atoms with van der Waals surface area (Å²) in [6, 6.07) is 24.9. The lowest BCUT2D eigenvalue weighted by molar-refractivity contribution is 0.0571. The quantitative estimate of drug-likeness (QED) is 0.232. The molecule has 3 heterocycles. The number of anilines is 1. The van der Waals surface area contributed by atoms with Crippen LogP contribution in [0.3, 0.4) is 0 Å². The third-order valence-corrected chi connectivity index (χ3v) is 6.91. The summed E-state index contributed by atoms with van der Waals surface area (Å²) >= 11 is 0. The minimum atomic E-state index is -4.08. The topological polar surface area (TPSA) is 128 Å². The second-order valence-corrected chi connectivity index (χ2v) is 12.0. The maximum Gasteiger partial charge on any atom is 0.421 e. The van der Waals surface area contributed by atoms with E-state index in [1.54, 1.807) is 49.7 Å². The number of ether oxygens (including phenoxy) is 1. The van der Waals surface area contributed by atoms with Crippen LogP contribution in [0.1, 0.15) is 32.0 Å². The van der Waals surface area contributed by atoms with E-state index in [2.05, 4.69) is 10.3 Å². The third kappa shape index (κ3) is 7.18. The Hall–Kier alpha value is -5.03. The summed E-state index contributed by atoms with van der Waals surface area (Å²) in [7, 11) is -4.08. The number of rotatable bonds is 8. The van der Waals surface area contributed by atoms with Gasteiger partial charge in [0.1, 0.15) is 11.1 Å². The molecule has 214 valence electrons. The zero-order chi connectivity index (χ0) is 29.7. The maximum absolute atomic E-state index is 12.4. The monoisotopic (exact) mass is 582 g/mol. The molecule has 3 aromatic heterocycles. The average Bonchev–Trinajstić information content (AvgIpc) is 3.39. The first-order valence-electron chi connectivity index (χ1n) is 13.2. The molecule has 1 amide bonds. The number of pyridine rings is 1. The van der Waals surface area contributed by atoms with Crippen molar-refractivity contribution in [2.45, 2.75) is 32.9 Å². The lowest BCUT2D eigenvalue weighted by Crippen LogP contribution is -2.35. The number of hydrogen-bond donors (Lipinski definition) is 2. The lowest BCUT2D eigenvalue weighted by Gasteiger charge is -2.19. The summed E-state index contributed by atoms with van der Waals surface area (Å²) in [5.41, 5.74) is 4.11. The first-order chi connectivity index (χ1) is 20.1. The minimum Gasteiger partial charge on any atom is -0.443 e. The fraction of sp³-hybridized carbons (Fsp3) is 0.161. The highest BCUT2D eigenvalue weighted by Crippen LogP contribution is 2.31. The van der Waals surface area contributed by atoms with E-state index in [0.29, 0.717) is 29.3 Å². The number of aromatic nitrogens is 4. The molecule has 5 rings (SSSR count). The molecule has 0 spiro atoms. The van der Waals surface area contributed by atoms with Gasteiger partial charge in [0, 0.05) is 23.5 Å². The number of nitrogens with one attached hydrogen (secondary N) is 2. The van der Waals surface area contributed by atoms with Crippen molar-refractivity contribution in [3.05, 3.63) is 108 Å². The largest absolute Gasteiger partial charge is 0.443 e. The molecule has 0 aliphatic rings. The molecule has 0 saturated carbocycles. The smallest absolute Gasteiger partial charge is 0.421 e. The lowest BCUT2D eigenvalue weighted by atomic mass is 10.1. The number of carbonyl (C=O) groups excluding carboxylic acids is 1. The third-order valence-electron chi connectivity index (χ3n) is 5.97. The molecule has 0 aliphatic heterocycles. The van der Waals surface area contributed by atoms with Gasteiger partial charge in [0.25, 0.3) is 10.0 Å². The van der Waals surface area contributed by atoms with Gasteiger partial charge in [0.15, 0.2) is 11.6 Å². The van der Waals surface area contributed by atoms with Gasteiger partial charge >= 0.3 is 6.09 Å². The van der Waals surface area contributed by atoms with Crippen LogP contribution in [0.2, 0.25) is 0 Å². The number of sulfonamides is 1. The number of benzene rings is 2. The number of amides is 1. The molecule has 0 atom stereocenters. The van der Waals surface area contributed by atoms with E-state index in [0.717, 1.165) is 27.7 Å². The van der Waals surface area contributed by atoms with Crippen molar-refractivity contribution in [1.29, 1.82) is 0 Å². The molecule has 0 bridgehead atoms. The molecule has 42 heavy (non-hydrogen) atoms. The van der Waals surface area contributed by atoms with Crippen molar-refractivity contribution < 1.29 is 17.9 Å². The van der Waals surface area contributed by atoms with Crippen LogP contribution in [-0.4, -0.2) is 39.7 Å². The van der Waals surface area contributed by atoms with E-state index in [9.17, 15) is 13.2 Å². The van der Waals surface area contributed by atoms with Crippen LogP contribution in [0.25, 0.3) is 34.1 Å². The zero-order valence-corrected chi connectivity index (χ0v) is 24.2. The average molecular weight is 583 g/mol. The first-order valence-corrected chi connectivity index (χ1v) is 14.7. The van der Waals surface area contributed by atoms with Crippen molar-refractivity contribution in [2.24, 2.45) is 0 Å². The van der Waals surface area contributed by atoms with Crippen molar-refractivity contribution >= 4 is 33.5 Å². The van der Waals surface area contributed by atoms with Crippen LogP contribution < -0.4 is 10.0 Å². The Bertz CT molecular complexity index is 1850. The van der Waals surface area contributed by atoms with Crippen LogP contribution >= 0.6 is 0 Å². The van der Waals surface area contributed by atoms with Gasteiger partial charge < -0.3 is 10.1 Å². The molecule has 11 heteroatoms. The maximum atomic E-state index is 12.4. The number of carbonyl (C=O) groups is 1. The van der Waals surface area contributed by atoms with Crippen molar-refractivity contribution in [3.8, 4) is 22.5 Å².